The number of rotatable bonds is 6. The molecule has 2 amide bonds. The van der Waals surface area contributed by atoms with Crippen molar-refractivity contribution in [3.05, 3.63) is 88.9 Å². The topological polar surface area (TPSA) is 80.6 Å². The molecule has 0 unspecified atom stereocenters. The van der Waals surface area contributed by atoms with E-state index in [1.54, 1.807) is 19.9 Å². The van der Waals surface area contributed by atoms with E-state index in [0.29, 0.717) is 29.3 Å². The largest absolute Gasteiger partial charge is 0.483 e. The molecule has 0 bridgehead atoms. The molecule has 3 rings (SSSR count). The first-order chi connectivity index (χ1) is 13.5. The number of furan rings is 1. The molecule has 2 N–H and O–H groups in total. The van der Waals surface area contributed by atoms with Gasteiger partial charge in [-0.2, -0.15) is 0 Å². The zero-order valence-corrected chi connectivity index (χ0v) is 15.8. The number of para-hydroxylation sites is 1. The van der Waals surface area contributed by atoms with Crippen LogP contribution in [0, 0.1) is 13.8 Å². The number of nitrogens with one attached hydrogen (secondary N) is 2. The first-order valence-electron chi connectivity index (χ1n) is 8.94. The second kappa shape index (κ2) is 8.90. The Hall–Kier alpha value is -3.54. The lowest BCUT2D eigenvalue weighted by atomic mass is 10.0. The third kappa shape index (κ3) is 5.01. The lowest BCUT2D eigenvalue weighted by molar-refractivity contribution is -0.123. The summed E-state index contributed by atoms with van der Waals surface area (Å²) in [7, 11) is 0. The molecular weight excluding hydrogens is 356 g/mol. The third-order valence-electron chi connectivity index (χ3n) is 4.17. The van der Waals surface area contributed by atoms with Gasteiger partial charge in [0, 0.05) is 6.42 Å². The molecule has 28 heavy (non-hydrogen) atoms. The standard InChI is InChI=1S/C22H22N2O4/c1-15-12-19(16(2)28-15)22(26)24-23-21(25)14-27-20-11-7-6-10-18(20)13-17-8-4-3-5-9-17/h3-12H,13-14H2,1-2H3,(H,23,25)(H,24,26). The number of hydrazine groups is 1. The molecule has 2 aromatic carbocycles. The molecule has 3 aromatic rings. The molecule has 0 aliphatic rings. The van der Waals surface area contributed by atoms with Crippen molar-refractivity contribution in [3.8, 4) is 5.75 Å². The highest BCUT2D eigenvalue weighted by Gasteiger charge is 2.14. The van der Waals surface area contributed by atoms with Crippen LogP contribution in [0.2, 0.25) is 0 Å². The molecule has 0 atom stereocenters. The number of carbonyl (C=O) groups excluding carboxylic acids is 2. The van der Waals surface area contributed by atoms with E-state index in [4.69, 9.17) is 9.15 Å². The van der Waals surface area contributed by atoms with Crippen molar-refractivity contribution in [1.29, 1.82) is 0 Å². The van der Waals surface area contributed by atoms with E-state index in [9.17, 15) is 9.59 Å². The summed E-state index contributed by atoms with van der Waals surface area (Å²) in [6.45, 7) is 3.23. The zero-order valence-electron chi connectivity index (χ0n) is 15.8. The number of hydrogen-bond acceptors (Lipinski definition) is 4. The average molecular weight is 378 g/mol. The van der Waals surface area contributed by atoms with Crippen molar-refractivity contribution >= 4 is 11.8 Å². The molecule has 0 spiro atoms. The summed E-state index contributed by atoms with van der Waals surface area (Å²) in [5.41, 5.74) is 7.23. The normalized spacial score (nSPS) is 10.4. The van der Waals surface area contributed by atoms with E-state index < -0.39 is 11.8 Å². The Morgan fingerprint density at radius 1 is 0.964 bits per heavy atom. The fourth-order valence-corrected chi connectivity index (χ4v) is 2.84. The van der Waals surface area contributed by atoms with Crippen LogP contribution >= 0.6 is 0 Å². The fourth-order valence-electron chi connectivity index (χ4n) is 2.84. The minimum Gasteiger partial charge on any atom is -0.483 e. The van der Waals surface area contributed by atoms with Gasteiger partial charge in [-0.25, -0.2) is 0 Å². The first-order valence-corrected chi connectivity index (χ1v) is 8.94. The Bertz CT molecular complexity index is 964. The van der Waals surface area contributed by atoms with Gasteiger partial charge >= 0.3 is 0 Å². The predicted molar refractivity (Wildman–Crippen MR) is 105 cm³/mol. The highest BCUT2D eigenvalue weighted by atomic mass is 16.5. The molecule has 1 aromatic heterocycles. The number of aryl methyl sites for hydroxylation is 2. The van der Waals surface area contributed by atoms with Crippen LogP contribution in [-0.2, 0) is 11.2 Å². The predicted octanol–water partition coefficient (Wildman–Crippen LogP) is 3.33. The van der Waals surface area contributed by atoms with Gasteiger partial charge in [0.15, 0.2) is 6.61 Å². The van der Waals surface area contributed by atoms with Gasteiger partial charge < -0.3 is 9.15 Å². The Balaban J connectivity index is 1.53. The summed E-state index contributed by atoms with van der Waals surface area (Å²) in [6, 6.07) is 19.2. The second-order valence-electron chi connectivity index (χ2n) is 6.39. The highest BCUT2D eigenvalue weighted by Crippen LogP contribution is 2.21. The summed E-state index contributed by atoms with van der Waals surface area (Å²) in [5.74, 6) is 0.865. The maximum Gasteiger partial charge on any atom is 0.276 e. The molecule has 0 radical (unpaired) electrons. The summed E-state index contributed by atoms with van der Waals surface area (Å²) in [4.78, 5) is 24.1. The SMILES string of the molecule is Cc1cc(C(=O)NNC(=O)COc2ccccc2Cc2ccccc2)c(C)o1. The van der Waals surface area contributed by atoms with Crippen molar-refractivity contribution in [1.82, 2.24) is 10.9 Å². The van der Waals surface area contributed by atoms with Gasteiger partial charge in [0.2, 0.25) is 0 Å². The Morgan fingerprint density at radius 2 is 1.68 bits per heavy atom. The fraction of sp³-hybridized carbons (Fsp3) is 0.182. The monoisotopic (exact) mass is 378 g/mol. The van der Waals surface area contributed by atoms with Crippen molar-refractivity contribution in [2.24, 2.45) is 0 Å². The number of benzene rings is 2. The minimum absolute atomic E-state index is 0.213. The number of carbonyl (C=O) groups is 2. The molecule has 0 aliphatic heterocycles. The van der Waals surface area contributed by atoms with Gasteiger partial charge in [-0.15, -0.1) is 0 Å². The lowest BCUT2D eigenvalue weighted by Gasteiger charge is -2.12. The molecule has 144 valence electrons. The van der Waals surface area contributed by atoms with E-state index in [-0.39, 0.29) is 6.61 Å². The summed E-state index contributed by atoms with van der Waals surface area (Å²) in [5, 5.41) is 0. The summed E-state index contributed by atoms with van der Waals surface area (Å²) < 4.78 is 11.0. The minimum atomic E-state index is -0.458. The van der Waals surface area contributed by atoms with E-state index >= 15 is 0 Å². The van der Waals surface area contributed by atoms with Crippen molar-refractivity contribution in [3.63, 3.8) is 0 Å². The smallest absolute Gasteiger partial charge is 0.276 e. The molecule has 1 heterocycles. The van der Waals surface area contributed by atoms with Gasteiger partial charge in [0.05, 0.1) is 5.56 Å². The number of amides is 2. The lowest BCUT2D eigenvalue weighted by Crippen LogP contribution is -2.43. The van der Waals surface area contributed by atoms with Gasteiger partial charge in [-0.05, 0) is 37.1 Å². The molecule has 0 aliphatic carbocycles. The highest BCUT2D eigenvalue weighted by molar-refractivity contribution is 5.96. The third-order valence-corrected chi connectivity index (χ3v) is 4.17. The van der Waals surface area contributed by atoms with Crippen LogP contribution in [0.1, 0.15) is 33.0 Å². The van der Waals surface area contributed by atoms with Crippen LogP contribution in [0.5, 0.6) is 5.75 Å². The van der Waals surface area contributed by atoms with Crippen LogP contribution in [0.4, 0.5) is 0 Å². The van der Waals surface area contributed by atoms with Crippen LogP contribution in [0.25, 0.3) is 0 Å². The van der Waals surface area contributed by atoms with Crippen LogP contribution in [0.3, 0.4) is 0 Å². The van der Waals surface area contributed by atoms with Gasteiger partial charge in [-0.3, -0.25) is 20.4 Å². The van der Waals surface area contributed by atoms with Crippen molar-refractivity contribution in [2.75, 3.05) is 6.61 Å². The van der Waals surface area contributed by atoms with E-state index in [0.717, 1.165) is 11.1 Å². The Kier molecular flexibility index (Phi) is 6.11. The Labute approximate surface area is 163 Å². The van der Waals surface area contributed by atoms with Gasteiger partial charge in [0.25, 0.3) is 11.8 Å². The van der Waals surface area contributed by atoms with Crippen LogP contribution < -0.4 is 15.6 Å². The van der Waals surface area contributed by atoms with Gasteiger partial charge in [-0.1, -0.05) is 48.5 Å². The maximum atomic E-state index is 12.1. The van der Waals surface area contributed by atoms with Crippen molar-refractivity contribution < 1.29 is 18.7 Å². The molecule has 0 saturated heterocycles. The number of hydrogen-bond donors (Lipinski definition) is 2. The Morgan fingerprint density at radius 3 is 2.39 bits per heavy atom. The quantitative estimate of drug-likeness (QED) is 0.645. The molecule has 6 heteroatoms. The van der Waals surface area contributed by atoms with Crippen LogP contribution in [0.15, 0.2) is 65.1 Å². The van der Waals surface area contributed by atoms with Crippen molar-refractivity contribution in [2.45, 2.75) is 20.3 Å². The zero-order chi connectivity index (χ0) is 19.9. The average Bonchev–Trinajstić information content (AvgIpc) is 3.04. The van der Waals surface area contributed by atoms with Crippen LogP contribution in [-0.4, -0.2) is 18.4 Å². The first kappa shape index (κ1) is 19.2. The summed E-state index contributed by atoms with van der Waals surface area (Å²) in [6.07, 6.45) is 0.703. The van der Waals surface area contributed by atoms with E-state index in [2.05, 4.69) is 10.9 Å². The second-order valence-corrected chi connectivity index (χ2v) is 6.39. The van der Waals surface area contributed by atoms with Gasteiger partial charge in [0.1, 0.15) is 17.3 Å². The summed E-state index contributed by atoms with van der Waals surface area (Å²) >= 11 is 0. The molecule has 0 saturated carbocycles. The molecular formula is C22H22N2O4. The number of ether oxygens (including phenoxy) is 1. The van der Waals surface area contributed by atoms with E-state index in [1.807, 2.05) is 54.6 Å². The molecule has 6 nitrogen and oxygen atoms in total. The van der Waals surface area contributed by atoms with E-state index in [1.165, 1.54) is 0 Å². The molecule has 0 fully saturated rings. The maximum absolute atomic E-state index is 12.1.